The Morgan fingerprint density at radius 1 is 1.24 bits per heavy atom. The van der Waals surface area contributed by atoms with Gasteiger partial charge < -0.3 is 10.2 Å². The molecule has 0 fully saturated rings. The van der Waals surface area contributed by atoms with Gasteiger partial charge in [0.2, 0.25) is 0 Å². The van der Waals surface area contributed by atoms with Crippen LogP contribution in [0.25, 0.3) is 10.8 Å². The highest BCUT2D eigenvalue weighted by molar-refractivity contribution is 5.84. The molecule has 3 heterocycles. The topological polar surface area (TPSA) is 80.6 Å². The first-order valence-corrected chi connectivity index (χ1v) is 6.66. The van der Waals surface area contributed by atoms with Gasteiger partial charge in [0.1, 0.15) is 5.82 Å². The number of fused-ring (bicyclic) bond motifs is 2. The van der Waals surface area contributed by atoms with Gasteiger partial charge in [-0.05, 0) is 11.5 Å². The van der Waals surface area contributed by atoms with E-state index in [9.17, 15) is 0 Å². The van der Waals surface area contributed by atoms with Gasteiger partial charge in [-0.15, -0.1) is 0 Å². The smallest absolute Gasteiger partial charge is 0.180 e. The molecule has 102 valence electrons. The third-order valence-corrected chi connectivity index (χ3v) is 3.67. The number of rotatable bonds is 2. The van der Waals surface area contributed by atoms with E-state index < -0.39 is 0 Å². The highest BCUT2D eigenvalue weighted by Crippen LogP contribution is 2.28. The SMILES string of the molecule is N#CN1Cc2[nH]nc(Nc3cc4ccccc4cn3)c2C1. The summed E-state index contributed by atoms with van der Waals surface area (Å²) in [6, 6.07) is 10.1. The second-order valence-corrected chi connectivity index (χ2v) is 5.03. The molecule has 0 unspecified atom stereocenters. The summed E-state index contributed by atoms with van der Waals surface area (Å²) in [5, 5.41) is 21.7. The fourth-order valence-corrected chi connectivity index (χ4v) is 2.59. The zero-order valence-electron chi connectivity index (χ0n) is 11.2. The van der Waals surface area contributed by atoms with Gasteiger partial charge in [-0.25, -0.2) is 4.98 Å². The average molecular weight is 276 g/mol. The summed E-state index contributed by atoms with van der Waals surface area (Å²) < 4.78 is 0. The van der Waals surface area contributed by atoms with Crippen LogP contribution in [-0.4, -0.2) is 20.1 Å². The van der Waals surface area contributed by atoms with Crippen molar-refractivity contribution in [2.75, 3.05) is 5.32 Å². The van der Waals surface area contributed by atoms with E-state index in [0.29, 0.717) is 13.1 Å². The zero-order valence-corrected chi connectivity index (χ0v) is 11.2. The Balaban J connectivity index is 1.66. The van der Waals surface area contributed by atoms with Crippen LogP contribution in [0.4, 0.5) is 11.6 Å². The molecular weight excluding hydrogens is 264 g/mol. The first kappa shape index (κ1) is 11.7. The number of nitrogens with zero attached hydrogens (tertiary/aromatic N) is 4. The van der Waals surface area contributed by atoms with Crippen LogP contribution in [0.1, 0.15) is 11.3 Å². The lowest BCUT2D eigenvalue weighted by molar-refractivity contribution is 0.412. The minimum Gasteiger partial charge on any atom is -0.323 e. The Labute approximate surface area is 121 Å². The number of benzene rings is 1. The summed E-state index contributed by atoms with van der Waals surface area (Å²) in [6.45, 7) is 1.17. The Morgan fingerprint density at radius 2 is 2.10 bits per heavy atom. The van der Waals surface area contributed by atoms with Crippen molar-refractivity contribution in [1.29, 1.82) is 5.26 Å². The maximum Gasteiger partial charge on any atom is 0.180 e. The van der Waals surface area contributed by atoms with Gasteiger partial charge in [0.25, 0.3) is 0 Å². The molecule has 2 N–H and O–H groups in total. The largest absolute Gasteiger partial charge is 0.323 e. The molecular formula is C15H12N6. The highest BCUT2D eigenvalue weighted by atomic mass is 15.3. The highest BCUT2D eigenvalue weighted by Gasteiger charge is 2.24. The van der Waals surface area contributed by atoms with E-state index in [0.717, 1.165) is 33.7 Å². The first-order valence-electron chi connectivity index (χ1n) is 6.66. The molecule has 0 aliphatic carbocycles. The Kier molecular flexibility index (Phi) is 2.51. The Hall–Kier alpha value is -3.07. The van der Waals surface area contributed by atoms with Crippen LogP contribution in [0.3, 0.4) is 0 Å². The van der Waals surface area contributed by atoms with Gasteiger partial charge in [-0.1, -0.05) is 24.3 Å². The molecule has 0 radical (unpaired) electrons. The standard InChI is InChI=1S/C15H12N6/c16-9-21-7-12-13(8-21)19-20-15(12)18-14-5-10-3-1-2-4-11(10)6-17-14/h1-6H,7-8H2,(H2,17,18,19,20). The number of aromatic amines is 1. The van der Waals surface area contributed by atoms with Gasteiger partial charge >= 0.3 is 0 Å². The van der Waals surface area contributed by atoms with Crippen LogP contribution in [0.15, 0.2) is 36.5 Å². The third kappa shape index (κ3) is 1.96. The normalized spacial score (nSPS) is 13.2. The third-order valence-electron chi connectivity index (χ3n) is 3.67. The van der Waals surface area contributed by atoms with Crippen molar-refractivity contribution >= 4 is 22.4 Å². The summed E-state index contributed by atoms with van der Waals surface area (Å²) in [7, 11) is 0. The number of nitrogens with one attached hydrogen (secondary N) is 2. The van der Waals surface area contributed by atoms with Crippen molar-refractivity contribution in [3.05, 3.63) is 47.8 Å². The maximum absolute atomic E-state index is 8.96. The number of hydrogen-bond donors (Lipinski definition) is 2. The van der Waals surface area contributed by atoms with E-state index in [-0.39, 0.29) is 0 Å². The van der Waals surface area contributed by atoms with Crippen molar-refractivity contribution in [2.24, 2.45) is 0 Å². The monoisotopic (exact) mass is 276 g/mol. The van der Waals surface area contributed by atoms with Crippen molar-refractivity contribution in [1.82, 2.24) is 20.1 Å². The lowest BCUT2D eigenvalue weighted by atomic mass is 10.2. The van der Waals surface area contributed by atoms with Crippen molar-refractivity contribution < 1.29 is 0 Å². The molecule has 1 aliphatic rings. The molecule has 3 aromatic rings. The van der Waals surface area contributed by atoms with Crippen molar-refractivity contribution in [3.63, 3.8) is 0 Å². The summed E-state index contributed by atoms with van der Waals surface area (Å²) >= 11 is 0. The van der Waals surface area contributed by atoms with Crippen LogP contribution < -0.4 is 5.32 Å². The number of H-pyrrole nitrogens is 1. The lowest BCUT2D eigenvalue weighted by Gasteiger charge is -2.07. The summed E-state index contributed by atoms with van der Waals surface area (Å²) in [5.74, 6) is 1.49. The summed E-state index contributed by atoms with van der Waals surface area (Å²) in [4.78, 5) is 6.09. The van der Waals surface area contributed by atoms with Crippen LogP contribution >= 0.6 is 0 Å². The molecule has 0 atom stereocenters. The minimum atomic E-state index is 0.582. The number of nitriles is 1. The number of pyridine rings is 1. The quantitative estimate of drug-likeness (QED) is 0.703. The molecule has 0 saturated carbocycles. The average Bonchev–Trinajstić information content (AvgIpc) is 3.09. The van der Waals surface area contributed by atoms with Gasteiger partial charge in [0.15, 0.2) is 12.0 Å². The zero-order chi connectivity index (χ0) is 14.2. The maximum atomic E-state index is 8.96. The number of hydrogen-bond acceptors (Lipinski definition) is 5. The molecule has 1 aliphatic heterocycles. The van der Waals surface area contributed by atoms with E-state index in [1.807, 2.05) is 30.5 Å². The van der Waals surface area contributed by atoms with Crippen LogP contribution in [0.5, 0.6) is 0 Å². The minimum absolute atomic E-state index is 0.582. The number of anilines is 2. The molecule has 1 aromatic carbocycles. The van der Waals surface area contributed by atoms with Crippen LogP contribution in [0, 0.1) is 11.5 Å². The molecule has 2 aromatic heterocycles. The molecule has 6 nitrogen and oxygen atoms in total. The van der Waals surface area contributed by atoms with Gasteiger partial charge in [0.05, 0.1) is 18.8 Å². The molecule has 0 bridgehead atoms. The Morgan fingerprint density at radius 3 is 2.95 bits per heavy atom. The van der Waals surface area contributed by atoms with Crippen LogP contribution in [-0.2, 0) is 13.1 Å². The fourth-order valence-electron chi connectivity index (χ4n) is 2.59. The van der Waals surface area contributed by atoms with E-state index in [2.05, 4.69) is 32.8 Å². The summed E-state index contributed by atoms with van der Waals surface area (Å²) in [5.41, 5.74) is 2.02. The lowest BCUT2D eigenvalue weighted by Crippen LogP contribution is -2.09. The van der Waals surface area contributed by atoms with Gasteiger partial charge in [-0.2, -0.15) is 10.4 Å². The molecule has 0 saturated heterocycles. The molecule has 0 amide bonds. The molecule has 4 rings (SSSR count). The van der Waals surface area contributed by atoms with Crippen molar-refractivity contribution in [2.45, 2.75) is 13.1 Å². The molecule has 6 heteroatoms. The number of aromatic nitrogens is 3. The second-order valence-electron chi connectivity index (χ2n) is 5.03. The van der Waals surface area contributed by atoms with E-state index in [1.165, 1.54) is 0 Å². The predicted molar refractivity (Wildman–Crippen MR) is 78.5 cm³/mol. The first-order chi connectivity index (χ1) is 10.3. The molecule has 21 heavy (non-hydrogen) atoms. The Bertz CT molecular complexity index is 860. The molecule has 0 spiro atoms. The van der Waals surface area contributed by atoms with E-state index in [4.69, 9.17) is 5.26 Å². The van der Waals surface area contributed by atoms with Crippen LogP contribution in [0.2, 0.25) is 0 Å². The second kappa shape index (κ2) is 4.49. The predicted octanol–water partition coefficient (Wildman–Crippen LogP) is 2.50. The van der Waals surface area contributed by atoms with Gasteiger partial charge in [0, 0.05) is 17.1 Å². The van der Waals surface area contributed by atoms with E-state index in [1.54, 1.807) is 4.90 Å². The summed E-state index contributed by atoms with van der Waals surface area (Å²) in [6.07, 6.45) is 3.99. The fraction of sp³-hybridized carbons (Fsp3) is 0.133. The van der Waals surface area contributed by atoms with Crippen molar-refractivity contribution in [3.8, 4) is 6.19 Å². The van der Waals surface area contributed by atoms with E-state index >= 15 is 0 Å². The van der Waals surface area contributed by atoms with Gasteiger partial charge in [-0.3, -0.25) is 5.10 Å².